The lowest BCUT2D eigenvalue weighted by Crippen LogP contribution is -2.17. The number of nitrogens with one attached hydrogen (secondary N) is 1. The lowest BCUT2D eigenvalue weighted by Gasteiger charge is -2.08. The highest BCUT2D eigenvalue weighted by Crippen LogP contribution is 2.17. The van der Waals surface area contributed by atoms with Crippen LogP contribution in [0.1, 0.15) is 12.5 Å². The van der Waals surface area contributed by atoms with Crippen molar-refractivity contribution in [2.75, 3.05) is 10.5 Å². The SMILES string of the molecule is CCS(=O)(=O)Nc1ccc(/C(N)=N/O)cc1F. The van der Waals surface area contributed by atoms with E-state index in [1.165, 1.54) is 19.1 Å². The van der Waals surface area contributed by atoms with Gasteiger partial charge in [-0.2, -0.15) is 0 Å². The summed E-state index contributed by atoms with van der Waals surface area (Å²) in [7, 11) is -3.53. The van der Waals surface area contributed by atoms with Crippen LogP contribution in [0, 0.1) is 5.82 Å². The summed E-state index contributed by atoms with van der Waals surface area (Å²) < 4.78 is 38.0. The monoisotopic (exact) mass is 261 g/mol. The minimum atomic E-state index is -3.53. The molecule has 0 saturated heterocycles. The molecule has 0 heterocycles. The second-order valence-electron chi connectivity index (χ2n) is 3.19. The molecule has 0 atom stereocenters. The van der Waals surface area contributed by atoms with Gasteiger partial charge in [0.25, 0.3) is 0 Å². The Morgan fingerprint density at radius 1 is 1.59 bits per heavy atom. The molecule has 0 amide bonds. The molecule has 0 aliphatic carbocycles. The van der Waals surface area contributed by atoms with E-state index < -0.39 is 15.8 Å². The molecular weight excluding hydrogens is 249 g/mol. The first kappa shape index (κ1) is 13.2. The van der Waals surface area contributed by atoms with Crippen molar-refractivity contribution >= 4 is 21.5 Å². The number of hydrogen-bond acceptors (Lipinski definition) is 4. The minimum absolute atomic E-state index is 0.157. The van der Waals surface area contributed by atoms with E-state index in [9.17, 15) is 12.8 Å². The molecule has 17 heavy (non-hydrogen) atoms. The number of hydrogen-bond donors (Lipinski definition) is 3. The van der Waals surface area contributed by atoms with Crippen LogP contribution in [0.4, 0.5) is 10.1 Å². The zero-order valence-corrected chi connectivity index (χ0v) is 9.83. The van der Waals surface area contributed by atoms with Crippen LogP contribution < -0.4 is 10.5 Å². The molecular formula is C9H12FN3O3S. The average Bonchev–Trinajstić information content (AvgIpc) is 2.30. The van der Waals surface area contributed by atoms with Gasteiger partial charge in [-0.25, -0.2) is 12.8 Å². The third kappa shape index (κ3) is 3.31. The van der Waals surface area contributed by atoms with E-state index in [1.54, 1.807) is 0 Å². The van der Waals surface area contributed by atoms with Gasteiger partial charge in [0.2, 0.25) is 10.0 Å². The number of sulfonamides is 1. The molecule has 6 nitrogen and oxygen atoms in total. The number of halogens is 1. The van der Waals surface area contributed by atoms with Crippen molar-refractivity contribution in [3.05, 3.63) is 29.6 Å². The Bertz CT molecular complexity index is 542. The maximum Gasteiger partial charge on any atom is 0.232 e. The van der Waals surface area contributed by atoms with Crippen LogP contribution in [0.2, 0.25) is 0 Å². The summed E-state index contributed by atoms with van der Waals surface area (Å²) in [5.74, 6) is -1.21. The lowest BCUT2D eigenvalue weighted by molar-refractivity contribution is 0.318. The molecule has 0 spiro atoms. The fraction of sp³-hybridized carbons (Fsp3) is 0.222. The van der Waals surface area contributed by atoms with Crippen LogP contribution in [-0.2, 0) is 10.0 Å². The number of benzene rings is 1. The molecule has 1 rings (SSSR count). The predicted octanol–water partition coefficient (Wildman–Crippen LogP) is 0.682. The van der Waals surface area contributed by atoms with Crippen molar-refractivity contribution < 1.29 is 18.0 Å². The topological polar surface area (TPSA) is 105 Å². The summed E-state index contributed by atoms with van der Waals surface area (Å²) in [5, 5.41) is 11.1. The van der Waals surface area contributed by atoms with E-state index in [0.717, 1.165) is 6.07 Å². The Kier molecular flexibility index (Phi) is 3.89. The zero-order chi connectivity index (χ0) is 13.1. The van der Waals surface area contributed by atoms with Gasteiger partial charge >= 0.3 is 0 Å². The molecule has 0 radical (unpaired) electrons. The van der Waals surface area contributed by atoms with E-state index in [0.29, 0.717) is 0 Å². The van der Waals surface area contributed by atoms with Gasteiger partial charge in [0.15, 0.2) is 5.84 Å². The average molecular weight is 261 g/mol. The molecule has 0 saturated carbocycles. The Morgan fingerprint density at radius 3 is 2.71 bits per heavy atom. The maximum atomic E-state index is 13.5. The minimum Gasteiger partial charge on any atom is -0.409 e. The van der Waals surface area contributed by atoms with Crippen LogP contribution in [-0.4, -0.2) is 25.2 Å². The molecule has 0 unspecified atom stereocenters. The van der Waals surface area contributed by atoms with Crippen molar-refractivity contribution in [3.63, 3.8) is 0 Å². The second kappa shape index (κ2) is 5.00. The zero-order valence-electron chi connectivity index (χ0n) is 9.01. The first-order valence-electron chi connectivity index (χ1n) is 4.67. The van der Waals surface area contributed by atoms with Crippen molar-refractivity contribution in [1.29, 1.82) is 0 Å². The van der Waals surface area contributed by atoms with Crippen molar-refractivity contribution in [2.24, 2.45) is 10.9 Å². The molecule has 0 aliphatic heterocycles. The Labute approximate surface area is 98.0 Å². The first-order chi connectivity index (χ1) is 7.89. The van der Waals surface area contributed by atoms with Crippen LogP contribution >= 0.6 is 0 Å². The van der Waals surface area contributed by atoms with Gasteiger partial charge < -0.3 is 10.9 Å². The van der Waals surface area contributed by atoms with Gasteiger partial charge in [-0.05, 0) is 25.1 Å². The summed E-state index contributed by atoms with van der Waals surface area (Å²) in [6, 6.07) is 3.52. The number of amidine groups is 1. The fourth-order valence-corrected chi connectivity index (χ4v) is 1.70. The summed E-state index contributed by atoms with van der Waals surface area (Å²) in [5.41, 5.74) is 5.24. The van der Waals surface area contributed by atoms with E-state index in [1.807, 2.05) is 0 Å². The molecule has 0 aliphatic rings. The number of nitrogens with two attached hydrogens (primary N) is 1. The number of oxime groups is 1. The van der Waals surface area contributed by atoms with Crippen LogP contribution in [0.5, 0.6) is 0 Å². The highest BCUT2D eigenvalue weighted by Gasteiger charge is 2.12. The smallest absolute Gasteiger partial charge is 0.232 e. The number of rotatable bonds is 4. The highest BCUT2D eigenvalue weighted by atomic mass is 32.2. The van der Waals surface area contributed by atoms with Crippen LogP contribution in [0.3, 0.4) is 0 Å². The molecule has 1 aromatic carbocycles. The predicted molar refractivity (Wildman–Crippen MR) is 62.0 cm³/mol. The molecule has 94 valence electrons. The third-order valence-electron chi connectivity index (χ3n) is 2.02. The first-order valence-corrected chi connectivity index (χ1v) is 6.32. The van der Waals surface area contributed by atoms with Crippen LogP contribution in [0.15, 0.2) is 23.4 Å². The molecule has 4 N–H and O–H groups in total. The van der Waals surface area contributed by atoms with Gasteiger partial charge in [-0.1, -0.05) is 5.16 Å². The Balaban J connectivity index is 3.07. The molecule has 8 heteroatoms. The van der Waals surface area contributed by atoms with Gasteiger partial charge in [0, 0.05) is 5.56 Å². The molecule has 0 fully saturated rings. The quantitative estimate of drug-likeness (QED) is 0.321. The van der Waals surface area contributed by atoms with Crippen molar-refractivity contribution in [2.45, 2.75) is 6.92 Å². The summed E-state index contributed by atoms with van der Waals surface area (Å²) in [4.78, 5) is 0. The third-order valence-corrected chi connectivity index (χ3v) is 3.31. The standard InChI is InChI=1S/C9H12FN3O3S/c1-2-17(15,16)13-8-4-3-6(5-7(8)10)9(11)12-14/h3-5,13-14H,2H2,1H3,(H2,11,12). The fourth-order valence-electron chi connectivity index (χ4n) is 1.05. The van der Waals surface area contributed by atoms with Gasteiger partial charge in [-0.15, -0.1) is 0 Å². The Morgan fingerprint density at radius 2 is 2.24 bits per heavy atom. The Hall–Kier alpha value is -1.83. The molecule has 1 aromatic rings. The van der Waals surface area contributed by atoms with E-state index >= 15 is 0 Å². The maximum absolute atomic E-state index is 13.5. The van der Waals surface area contributed by atoms with Gasteiger partial charge in [0.1, 0.15) is 5.82 Å². The van der Waals surface area contributed by atoms with E-state index in [4.69, 9.17) is 10.9 Å². The van der Waals surface area contributed by atoms with Crippen LogP contribution in [0.25, 0.3) is 0 Å². The normalized spacial score (nSPS) is 12.5. The van der Waals surface area contributed by atoms with E-state index in [2.05, 4.69) is 9.88 Å². The number of nitrogens with zero attached hydrogens (tertiary/aromatic N) is 1. The van der Waals surface area contributed by atoms with E-state index in [-0.39, 0.29) is 22.8 Å². The summed E-state index contributed by atoms with van der Waals surface area (Å²) >= 11 is 0. The number of anilines is 1. The lowest BCUT2D eigenvalue weighted by atomic mass is 10.2. The van der Waals surface area contributed by atoms with Gasteiger partial charge in [-0.3, -0.25) is 4.72 Å². The second-order valence-corrected chi connectivity index (χ2v) is 5.20. The summed E-state index contributed by atoms with van der Waals surface area (Å²) in [6.45, 7) is 1.44. The highest BCUT2D eigenvalue weighted by molar-refractivity contribution is 7.92. The largest absolute Gasteiger partial charge is 0.409 e. The van der Waals surface area contributed by atoms with Crippen molar-refractivity contribution in [1.82, 2.24) is 0 Å². The molecule has 0 bridgehead atoms. The summed E-state index contributed by atoms with van der Waals surface area (Å²) in [6.07, 6.45) is 0. The van der Waals surface area contributed by atoms with Crippen molar-refractivity contribution in [3.8, 4) is 0 Å². The van der Waals surface area contributed by atoms with Gasteiger partial charge in [0.05, 0.1) is 11.4 Å². The molecule has 0 aromatic heterocycles.